The van der Waals surface area contributed by atoms with Crippen molar-refractivity contribution < 1.29 is 4.79 Å². The van der Waals surface area contributed by atoms with E-state index in [4.69, 9.17) is 0 Å². The SMILES string of the molecule is CNCC1CCN(C(=O)CCCCc2nc3ccccc3s2)C1. The van der Waals surface area contributed by atoms with Gasteiger partial charge in [-0.25, -0.2) is 4.98 Å². The fraction of sp³-hybridized carbons (Fsp3) is 0.556. The Balaban J connectivity index is 1.39. The molecular weight excluding hydrogens is 306 g/mol. The van der Waals surface area contributed by atoms with Crippen molar-refractivity contribution in [2.45, 2.75) is 32.1 Å². The number of rotatable bonds is 7. The maximum atomic E-state index is 12.2. The van der Waals surface area contributed by atoms with Crippen molar-refractivity contribution in [3.05, 3.63) is 29.3 Å². The lowest BCUT2D eigenvalue weighted by atomic mass is 10.1. The summed E-state index contributed by atoms with van der Waals surface area (Å²) in [6, 6.07) is 8.27. The summed E-state index contributed by atoms with van der Waals surface area (Å²) in [5, 5.41) is 4.40. The molecule has 2 heterocycles. The van der Waals surface area contributed by atoms with Crippen LogP contribution < -0.4 is 5.32 Å². The van der Waals surface area contributed by atoms with Crippen LogP contribution in [-0.2, 0) is 11.2 Å². The highest BCUT2D eigenvalue weighted by Crippen LogP contribution is 2.23. The lowest BCUT2D eigenvalue weighted by Gasteiger charge is -2.16. The molecule has 0 radical (unpaired) electrons. The van der Waals surface area contributed by atoms with Gasteiger partial charge in [-0.3, -0.25) is 4.79 Å². The predicted octanol–water partition coefficient (Wildman–Crippen LogP) is 3.08. The topological polar surface area (TPSA) is 45.2 Å². The average Bonchev–Trinajstić information content (AvgIpc) is 3.18. The molecule has 1 fully saturated rings. The van der Waals surface area contributed by atoms with Crippen molar-refractivity contribution >= 4 is 27.5 Å². The van der Waals surface area contributed by atoms with Gasteiger partial charge < -0.3 is 10.2 Å². The number of para-hydroxylation sites is 1. The van der Waals surface area contributed by atoms with Gasteiger partial charge in [0, 0.05) is 19.5 Å². The second kappa shape index (κ2) is 7.88. The molecule has 1 N–H and O–H groups in total. The molecule has 0 bridgehead atoms. The monoisotopic (exact) mass is 331 g/mol. The predicted molar refractivity (Wildman–Crippen MR) is 95.8 cm³/mol. The molecule has 2 aromatic rings. The number of benzene rings is 1. The van der Waals surface area contributed by atoms with Gasteiger partial charge >= 0.3 is 0 Å². The minimum atomic E-state index is 0.327. The molecule has 4 nitrogen and oxygen atoms in total. The molecule has 1 unspecified atom stereocenters. The number of amides is 1. The molecule has 1 aliphatic rings. The molecule has 0 spiro atoms. The lowest BCUT2D eigenvalue weighted by Crippen LogP contribution is -2.30. The molecular formula is C18H25N3OS. The number of nitrogens with one attached hydrogen (secondary N) is 1. The van der Waals surface area contributed by atoms with Crippen LogP contribution in [0.1, 0.15) is 30.7 Å². The highest BCUT2D eigenvalue weighted by molar-refractivity contribution is 7.18. The molecule has 0 saturated carbocycles. The summed E-state index contributed by atoms with van der Waals surface area (Å²) in [5.74, 6) is 0.958. The van der Waals surface area contributed by atoms with E-state index in [1.807, 2.05) is 18.0 Å². The Bertz CT molecular complexity index is 622. The summed E-state index contributed by atoms with van der Waals surface area (Å²) >= 11 is 1.77. The normalized spacial score (nSPS) is 18.0. The van der Waals surface area contributed by atoms with Crippen LogP contribution in [0.5, 0.6) is 0 Å². The van der Waals surface area contributed by atoms with Gasteiger partial charge in [0.25, 0.3) is 0 Å². The standard InChI is InChI=1S/C18H25N3OS/c1-19-12-14-10-11-21(13-14)18(22)9-5-4-8-17-20-15-6-2-3-7-16(15)23-17/h2-3,6-7,14,19H,4-5,8-13H2,1H3. The minimum Gasteiger partial charge on any atom is -0.342 e. The van der Waals surface area contributed by atoms with Crippen LogP contribution in [-0.4, -0.2) is 42.5 Å². The number of aromatic nitrogens is 1. The molecule has 23 heavy (non-hydrogen) atoms. The zero-order chi connectivity index (χ0) is 16.1. The Morgan fingerprint density at radius 2 is 2.26 bits per heavy atom. The lowest BCUT2D eigenvalue weighted by molar-refractivity contribution is -0.130. The van der Waals surface area contributed by atoms with Gasteiger partial charge in [-0.2, -0.15) is 0 Å². The van der Waals surface area contributed by atoms with E-state index in [-0.39, 0.29) is 0 Å². The van der Waals surface area contributed by atoms with Crippen molar-refractivity contribution in [1.82, 2.24) is 15.2 Å². The Labute approximate surface area is 141 Å². The summed E-state index contributed by atoms with van der Waals surface area (Å²) < 4.78 is 1.26. The Morgan fingerprint density at radius 1 is 1.39 bits per heavy atom. The van der Waals surface area contributed by atoms with Crippen LogP contribution in [0, 0.1) is 5.92 Å². The Hall–Kier alpha value is -1.46. The fourth-order valence-electron chi connectivity index (χ4n) is 3.25. The van der Waals surface area contributed by atoms with E-state index in [0.29, 0.717) is 18.2 Å². The van der Waals surface area contributed by atoms with Crippen LogP contribution in [0.3, 0.4) is 0 Å². The third kappa shape index (κ3) is 4.30. The Kier molecular flexibility index (Phi) is 5.62. The highest BCUT2D eigenvalue weighted by atomic mass is 32.1. The van der Waals surface area contributed by atoms with E-state index >= 15 is 0 Å². The number of nitrogens with zero attached hydrogens (tertiary/aromatic N) is 2. The number of hydrogen-bond donors (Lipinski definition) is 1. The van der Waals surface area contributed by atoms with Gasteiger partial charge in [0.05, 0.1) is 15.2 Å². The van der Waals surface area contributed by atoms with E-state index in [1.54, 1.807) is 11.3 Å². The second-order valence-electron chi connectivity index (χ2n) is 6.33. The summed E-state index contributed by atoms with van der Waals surface area (Å²) in [7, 11) is 1.98. The van der Waals surface area contributed by atoms with Gasteiger partial charge in [-0.05, 0) is 57.3 Å². The number of carbonyl (C=O) groups is 1. The summed E-state index contributed by atoms with van der Waals surface area (Å²) in [6.07, 6.45) is 4.80. The smallest absolute Gasteiger partial charge is 0.222 e. The first kappa shape index (κ1) is 16.4. The van der Waals surface area contributed by atoms with E-state index in [9.17, 15) is 4.79 Å². The van der Waals surface area contributed by atoms with Crippen LogP contribution in [0.2, 0.25) is 0 Å². The molecule has 124 valence electrons. The van der Waals surface area contributed by atoms with Gasteiger partial charge in [0.2, 0.25) is 5.91 Å². The van der Waals surface area contributed by atoms with Crippen molar-refractivity contribution in [3.63, 3.8) is 0 Å². The number of hydrogen-bond acceptors (Lipinski definition) is 4. The summed E-state index contributed by atoms with van der Waals surface area (Å²) in [4.78, 5) is 18.9. The van der Waals surface area contributed by atoms with Crippen molar-refractivity contribution in [2.24, 2.45) is 5.92 Å². The van der Waals surface area contributed by atoms with E-state index in [2.05, 4.69) is 28.5 Å². The molecule has 1 saturated heterocycles. The third-order valence-corrected chi connectivity index (χ3v) is 5.60. The van der Waals surface area contributed by atoms with Crippen molar-refractivity contribution in [1.29, 1.82) is 0 Å². The van der Waals surface area contributed by atoms with Gasteiger partial charge in [0.15, 0.2) is 0 Å². The molecule has 0 aliphatic carbocycles. The number of likely N-dealkylation sites (tertiary alicyclic amines) is 1. The summed E-state index contributed by atoms with van der Waals surface area (Å²) in [6.45, 7) is 2.88. The number of fused-ring (bicyclic) bond motifs is 1. The van der Waals surface area contributed by atoms with Gasteiger partial charge in [0.1, 0.15) is 0 Å². The molecule has 5 heteroatoms. The first-order valence-electron chi connectivity index (χ1n) is 8.53. The molecule has 1 aliphatic heterocycles. The Morgan fingerprint density at radius 3 is 3.09 bits per heavy atom. The van der Waals surface area contributed by atoms with Crippen molar-refractivity contribution in [2.75, 3.05) is 26.7 Å². The first-order chi connectivity index (χ1) is 11.3. The second-order valence-corrected chi connectivity index (χ2v) is 7.45. The van der Waals surface area contributed by atoms with Crippen molar-refractivity contribution in [3.8, 4) is 0 Å². The van der Waals surface area contributed by atoms with Gasteiger partial charge in [-0.15, -0.1) is 11.3 Å². The highest BCUT2D eigenvalue weighted by Gasteiger charge is 2.25. The van der Waals surface area contributed by atoms with Crippen LogP contribution in [0.15, 0.2) is 24.3 Å². The fourth-order valence-corrected chi connectivity index (χ4v) is 4.26. The van der Waals surface area contributed by atoms with Crippen LogP contribution in [0.25, 0.3) is 10.2 Å². The number of thiazole rings is 1. The third-order valence-electron chi connectivity index (χ3n) is 4.50. The molecule has 3 rings (SSSR count). The molecule has 1 aromatic heterocycles. The zero-order valence-electron chi connectivity index (χ0n) is 13.8. The number of carbonyl (C=O) groups excluding carboxylic acids is 1. The van der Waals surface area contributed by atoms with E-state index in [1.165, 1.54) is 9.71 Å². The number of aryl methyl sites for hydroxylation is 1. The first-order valence-corrected chi connectivity index (χ1v) is 9.34. The zero-order valence-corrected chi connectivity index (χ0v) is 14.6. The van der Waals surface area contributed by atoms with Gasteiger partial charge in [-0.1, -0.05) is 12.1 Å². The largest absolute Gasteiger partial charge is 0.342 e. The quantitative estimate of drug-likeness (QED) is 0.793. The van der Waals surface area contributed by atoms with Crippen LogP contribution >= 0.6 is 11.3 Å². The summed E-state index contributed by atoms with van der Waals surface area (Å²) in [5.41, 5.74) is 1.09. The molecule has 1 aromatic carbocycles. The van der Waals surface area contributed by atoms with E-state index in [0.717, 1.165) is 50.8 Å². The molecule has 1 amide bonds. The maximum absolute atomic E-state index is 12.2. The van der Waals surface area contributed by atoms with E-state index < -0.39 is 0 Å². The average molecular weight is 331 g/mol. The molecule has 1 atom stereocenters. The number of unbranched alkanes of at least 4 members (excludes halogenated alkanes) is 1. The maximum Gasteiger partial charge on any atom is 0.222 e. The minimum absolute atomic E-state index is 0.327. The van der Waals surface area contributed by atoms with Crippen LogP contribution in [0.4, 0.5) is 0 Å².